The molecule has 0 heterocycles. The summed E-state index contributed by atoms with van der Waals surface area (Å²) in [5.41, 5.74) is 7.21. The lowest BCUT2D eigenvalue weighted by atomic mass is 10.2. The Hall–Kier alpha value is -1.68. The molecule has 0 unspecified atom stereocenters. The van der Waals surface area contributed by atoms with Crippen LogP contribution in [0.25, 0.3) is 5.70 Å². The van der Waals surface area contributed by atoms with E-state index < -0.39 is 6.03 Å². The van der Waals surface area contributed by atoms with Crippen molar-refractivity contribution in [2.45, 2.75) is 0 Å². The van der Waals surface area contributed by atoms with Gasteiger partial charge in [-0.2, -0.15) is 0 Å². The van der Waals surface area contributed by atoms with Crippen LogP contribution in [0.4, 0.5) is 4.79 Å². The SMILES string of the molecule is NC(=O)N=N/C(=C/Cl)c1ccccc1. The maximum absolute atomic E-state index is 10.3. The number of benzene rings is 1. The Morgan fingerprint density at radius 1 is 1.29 bits per heavy atom. The van der Waals surface area contributed by atoms with Gasteiger partial charge in [0.1, 0.15) is 5.70 Å². The highest BCUT2D eigenvalue weighted by atomic mass is 35.5. The molecule has 1 aromatic rings. The second-order valence-electron chi connectivity index (χ2n) is 2.40. The monoisotopic (exact) mass is 209 g/mol. The molecule has 72 valence electrons. The minimum atomic E-state index is -0.850. The van der Waals surface area contributed by atoms with Crippen LogP contribution in [0.15, 0.2) is 46.1 Å². The van der Waals surface area contributed by atoms with Crippen molar-refractivity contribution in [3.63, 3.8) is 0 Å². The lowest BCUT2D eigenvalue weighted by Crippen LogP contribution is -2.02. The van der Waals surface area contributed by atoms with Crippen LogP contribution < -0.4 is 5.73 Å². The summed E-state index contributed by atoms with van der Waals surface area (Å²) in [6.07, 6.45) is 0. The Morgan fingerprint density at radius 3 is 2.43 bits per heavy atom. The molecular formula is C9H8ClN3O. The van der Waals surface area contributed by atoms with Gasteiger partial charge in [0.15, 0.2) is 0 Å². The summed E-state index contributed by atoms with van der Waals surface area (Å²) in [7, 11) is 0. The highest BCUT2D eigenvalue weighted by Crippen LogP contribution is 2.16. The first-order chi connectivity index (χ1) is 6.74. The van der Waals surface area contributed by atoms with E-state index in [1.807, 2.05) is 18.2 Å². The number of rotatable bonds is 2. The molecule has 0 atom stereocenters. The predicted molar refractivity (Wildman–Crippen MR) is 54.7 cm³/mol. The van der Waals surface area contributed by atoms with Crippen molar-refractivity contribution < 1.29 is 4.79 Å². The lowest BCUT2D eigenvalue weighted by Gasteiger charge is -1.96. The third kappa shape index (κ3) is 2.99. The summed E-state index contributed by atoms with van der Waals surface area (Å²) < 4.78 is 0. The molecule has 2 N–H and O–H groups in total. The molecular weight excluding hydrogens is 202 g/mol. The number of hydrogen-bond donors (Lipinski definition) is 1. The Balaban J connectivity index is 2.90. The molecule has 1 aromatic carbocycles. The summed E-state index contributed by atoms with van der Waals surface area (Å²) in [4.78, 5) is 10.3. The number of carbonyl (C=O) groups excluding carboxylic acids is 1. The van der Waals surface area contributed by atoms with Gasteiger partial charge in [0.05, 0.1) is 0 Å². The molecule has 0 radical (unpaired) electrons. The first-order valence-electron chi connectivity index (χ1n) is 3.81. The normalized spacial score (nSPS) is 11.9. The number of halogens is 1. The summed E-state index contributed by atoms with van der Waals surface area (Å²) in [6.45, 7) is 0. The number of carbonyl (C=O) groups is 1. The zero-order valence-electron chi connectivity index (χ0n) is 7.22. The van der Waals surface area contributed by atoms with E-state index in [1.54, 1.807) is 12.1 Å². The third-order valence-corrected chi connectivity index (χ3v) is 1.64. The summed E-state index contributed by atoms with van der Waals surface area (Å²) in [5, 5.41) is 6.77. The van der Waals surface area contributed by atoms with E-state index >= 15 is 0 Å². The minimum Gasteiger partial charge on any atom is -0.348 e. The molecule has 0 bridgehead atoms. The van der Waals surface area contributed by atoms with Crippen molar-refractivity contribution >= 4 is 23.3 Å². The number of primary amides is 1. The lowest BCUT2D eigenvalue weighted by molar-refractivity contribution is 0.255. The molecule has 1 rings (SSSR count). The molecule has 2 amide bonds. The molecule has 0 saturated heterocycles. The fourth-order valence-corrected chi connectivity index (χ4v) is 1.02. The van der Waals surface area contributed by atoms with Crippen molar-refractivity contribution in [3.8, 4) is 0 Å². The van der Waals surface area contributed by atoms with E-state index in [-0.39, 0.29) is 0 Å². The van der Waals surface area contributed by atoms with E-state index in [2.05, 4.69) is 10.2 Å². The highest BCUT2D eigenvalue weighted by molar-refractivity contribution is 6.28. The van der Waals surface area contributed by atoms with E-state index in [9.17, 15) is 4.79 Å². The van der Waals surface area contributed by atoms with Gasteiger partial charge in [-0.3, -0.25) is 0 Å². The van der Waals surface area contributed by atoms with E-state index in [0.717, 1.165) is 5.56 Å². The topological polar surface area (TPSA) is 67.8 Å². The Morgan fingerprint density at radius 2 is 1.93 bits per heavy atom. The van der Waals surface area contributed by atoms with Crippen LogP contribution in [0.1, 0.15) is 5.56 Å². The Bertz CT molecular complexity index is 373. The summed E-state index contributed by atoms with van der Waals surface area (Å²) >= 11 is 5.52. The van der Waals surface area contributed by atoms with Crippen molar-refractivity contribution in [2.75, 3.05) is 0 Å². The van der Waals surface area contributed by atoms with Gasteiger partial charge in [-0.1, -0.05) is 47.0 Å². The number of hydrogen-bond acceptors (Lipinski definition) is 2. The number of azo groups is 1. The first kappa shape index (κ1) is 10.4. The van der Waals surface area contributed by atoms with Gasteiger partial charge in [0, 0.05) is 11.1 Å². The summed E-state index contributed by atoms with van der Waals surface area (Å²) in [6, 6.07) is 8.27. The molecule has 0 aliphatic carbocycles. The average molecular weight is 210 g/mol. The smallest absolute Gasteiger partial charge is 0.348 e. The third-order valence-electron chi connectivity index (χ3n) is 1.43. The molecule has 0 fully saturated rings. The minimum absolute atomic E-state index is 0.395. The average Bonchev–Trinajstić information content (AvgIpc) is 2.20. The largest absolute Gasteiger partial charge is 0.356 e. The Kier molecular flexibility index (Phi) is 3.82. The molecule has 0 aliphatic rings. The van der Waals surface area contributed by atoms with E-state index in [0.29, 0.717) is 5.70 Å². The molecule has 5 heteroatoms. The standard InChI is InChI=1S/C9H8ClN3O/c10-6-8(12-13-9(11)14)7-4-2-1-3-5-7/h1-6H,(H2,11,14)/b8-6+,13-12?. The zero-order chi connectivity index (χ0) is 10.4. The van der Waals surface area contributed by atoms with Gasteiger partial charge < -0.3 is 5.73 Å². The van der Waals surface area contributed by atoms with E-state index in [1.165, 1.54) is 5.54 Å². The second kappa shape index (κ2) is 5.14. The molecule has 0 aromatic heterocycles. The van der Waals surface area contributed by atoms with Crippen LogP contribution in [0.5, 0.6) is 0 Å². The van der Waals surface area contributed by atoms with E-state index in [4.69, 9.17) is 17.3 Å². The van der Waals surface area contributed by atoms with Crippen LogP contribution in [0.2, 0.25) is 0 Å². The van der Waals surface area contributed by atoms with Crippen molar-refractivity contribution in [1.29, 1.82) is 0 Å². The fourth-order valence-electron chi connectivity index (χ4n) is 0.855. The number of nitrogens with zero attached hydrogens (tertiary/aromatic N) is 2. The van der Waals surface area contributed by atoms with Gasteiger partial charge in [-0.15, -0.1) is 5.11 Å². The van der Waals surface area contributed by atoms with Crippen LogP contribution in [-0.2, 0) is 0 Å². The van der Waals surface area contributed by atoms with Crippen LogP contribution in [-0.4, -0.2) is 6.03 Å². The number of nitrogens with two attached hydrogens (primary N) is 1. The van der Waals surface area contributed by atoms with Crippen LogP contribution in [0.3, 0.4) is 0 Å². The maximum atomic E-state index is 10.3. The van der Waals surface area contributed by atoms with Crippen LogP contribution in [0, 0.1) is 0 Å². The first-order valence-corrected chi connectivity index (χ1v) is 4.24. The van der Waals surface area contributed by atoms with Crippen LogP contribution >= 0.6 is 11.6 Å². The van der Waals surface area contributed by atoms with Gasteiger partial charge in [-0.25, -0.2) is 4.79 Å². The predicted octanol–water partition coefficient (Wildman–Crippen LogP) is 2.75. The number of amides is 2. The molecule has 0 spiro atoms. The van der Waals surface area contributed by atoms with Gasteiger partial charge in [0.25, 0.3) is 0 Å². The quantitative estimate of drug-likeness (QED) is 0.748. The van der Waals surface area contributed by atoms with Crippen molar-refractivity contribution in [1.82, 2.24) is 0 Å². The number of urea groups is 1. The summed E-state index contributed by atoms with van der Waals surface area (Å²) in [5.74, 6) is 0. The van der Waals surface area contributed by atoms with Gasteiger partial charge in [-0.05, 0) is 0 Å². The highest BCUT2D eigenvalue weighted by Gasteiger charge is 1.98. The fraction of sp³-hybridized carbons (Fsp3) is 0. The Labute approximate surface area is 86.1 Å². The zero-order valence-corrected chi connectivity index (χ0v) is 7.98. The maximum Gasteiger partial charge on any atom is 0.356 e. The second-order valence-corrected chi connectivity index (χ2v) is 2.62. The van der Waals surface area contributed by atoms with Gasteiger partial charge >= 0.3 is 6.03 Å². The van der Waals surface area contributed by atoms with Gasteiger partial charge in [0.2, 0.25) is 0 Å². The molecule has 14 heavy (non-hydrogen) atoms. The molecule has 0 saturated carbocycles. The molecule has 4 nitrogen and oxygen atoms in total. The molecule has 0 aliphatic heterocycles. The van der Waals surface area contributed by atoms with Crippen molar-refractivity contribution in [2.24, 2.45) is 16.0 Å². The van der Waals surface area contributed by atoms with Crippen molar-refractivity contribution in [3.05, 3.63) is 41.4 Å².